The molecule has 0 radical (unpaired) electrons. The molecule has 0 atom stereocenters. The predicted octanol–water partition coefficient (Wildman–Crippen LogP) is 2.16. The standard InChI is InChI=1S/C19H27N5O2/c1-19(2,3)17-5-6-18(21-20-17)24-9-13(10-24)23(4)11-15-14-12-25-8-7-16(14)26-22-15/h5-6,13H,7-12H2,1-4H3. The molecule has 2 aliphatic heterocycles. The van der Waals surface area contributed by atoms with Gasteiger partial charge in [-0.25, -0.2) is 0 Å². The zero-order chi connectivity index (χ0) is 18.3. The fraction of sp³-hybridized carbons (Fsp3) is 0.632. The summed E-state index contributed by atoms with van der Waals surface area (Å²) >= 11 is 0. The van der Waals surface area contributed by atoms with Gasteiger partial charge in [-0.3, -0.25) is 4.90 Å². The van der Waals surface area contributed by atoms with E-state index in [0.717, 1.165) is 61.2 Å². The van der Waals surface area contributed by atoms with Crippen LogP contribution in [-0.2, 0) is 29.7 Å². The van der Waals surface area contributed by atoms with Crippen LogP contribution in [0.3, 0.4) is 0 Å². The summed E-state index contributed by atoms with van der Waals surface area (Å²) in [6.07, 6.45) is 0.826. The fourth-order valence-electron chi connectivity index (χ4n) is 3.39. The Bertz CT molecular complexity index is 759. The minimum absolute atomic E-state index is 0.0314. The highest BCUT2D eigenvalue weighted by atomic mass is 16.5. The van der Waals surface area contributed by atoms with E-state index in [2.05, 4.69) is 65.1 Å². The highest BCUT2D eigenvalue weighted by molar-refractivity contribution is 5.42. The van der Waals surface area contributed by atoms with Crippen molar-refractivity contribution in [3.05, 3.63) is 34.8 Å². The highest BCUT2D eigenvalue weighted by Gasteiger charge is 2.32. The molecule has 0 aliphatic carbocycles. The number of nitrogens with zero attached hydrogens (tertiary/aromatic N) is 5. The molecule has 0 amide bonds. The van der Waals surface area contributed by atoms with Crippen molar-refractivity contribution in [3.8, 4) is 0 Å². The summed E-state index contributed by atoms with van der Waals surface area (Å²) in [6.45, 7) is 10.5. The smallest absolute Gasteiger partial charge is 0.151 e. The van der Waals surface area contributed by atoms with Gasteiger partial charge in [0.1, 0.15) is 11.5 Å². The van der Waals surface area contributed by atoms with Crippen molar-refractivity contribution in [2.45, 2.75) is 51.8 Å². The fourth-order valence-corrected chi connectivity index (χ4v) is 3.39. The largest absolute Gasteiger partial charge is 0.376 e. The van der Waals surface area contributed by atoms with Gasteiger partial charge in [-0.05, 0) is 19.2 Å². The number of ether oxygens (including phenoxy) is 1. The van der Waals surface area contributed by atoms with Crippen molar-refractivity contribution < 1.29 is 9.26 Å². The average molecular weight is 357 g/mol. The zero-order valence-electron chi connectivity index (χ0n) is 16.0. The first-order chi connectivity index (χ1) is 12.4. The molecular weight excluding hydrogens is 330 g/mol. The third-order valence-corrected chi connectivity index (χ3v) is 5.30. The normalized spacial score (nSPS) is 18.1. The van der Waals surface area contributed by atoms with E-state index >= 15 is 0 Å². The molecule has 7 heteroatoms. The zero-order valence-corrected chi connectivity index (χ0v) is 16.0. The van der Waals surface area contributed by atoms with Gasteiger partial charge in [0.2, 0.25) is 0 Å². The van der Waals surface area contributed by atoms with Crippen molar-refractivity contribution >= 4 is 5.82 Å². The molecule has 1 fully saturated rings. The molecule has 1 saturated heterocycles. The second kappa shape index (κ2) is 6.63. The van der Waals surface area contributed by atoms with E-state index in [-0.39, 0.29) is 5.41 Å². The second-order valence-corrected chi connectivity index (χ2v) is 8.33. The lowest BCUT2D eigenvalue weighted by molar-refractivity contribution is 0.102. The topological polar surface area (TPSA) is 67.5 Å². The van der Waals surface area contributed by atoms with Crippen LogP contribution in [0.25, 0.3) is 0 Å². The van der Waals surface area contributed by atoms with Crippen LogP contribution >= 0.6 is 0 Å². The first-order valence-electron chi connectivity index (χ1n) is 9.25. The summed E-state index contributed by atoms with van der Waals surface area (Å²) in [5.41, 5.74) is 3.20. The van der Waals surface area contributed by atoms with Crippen LogP contribution in [0.2, 0.25) is 0 Å². The van der Waals surface area contributed by atoms with Crippen LogP contribution in [0.1, 0.15) is 43.5 Å². The summed E-state index contributed by atoms with van der Waals surface area (Å²) < 4.78 is 11.0. The lowest BCUT2D eigenvalue weighted by Gasteiger charge is -2.44. The Kier molecular flexibility index (Phi) is 4.44. The quantitative estimate of drug-likeness (QED) is 0.830. The van der Waals surface area contributed by atoms with Gasteiger partial charge in [0, 0.05) is 43.1 Å². The van der Waals surface area contributed by atoms with Gasteiger partial charge in [-0.2, -0.15) is 5.10 Å². The number of anilines is 1. The van der Waals surface area contributed by atoms with Crippen LogP contribution in [0.4, 0.5) is 5.82 Å². The molecule has 2 aromatic rings. The SMILES string of the molecule is CN(Cc1noc2c1COCC2)C1CN(c2ccc(C(C)(C)C)nn2)C1. The second-order valence-electron chi connectivity index (χ2n) is 8.33. The Morgan fingerprint density at radius 2 is 2.04 bits per heavy atom. The number of fused-ring (bicyclic) bond motifs is 1. The number of likely N-dealkylation sites (N-methyl/N-ethyl adjacent to an activating group) is 1. The van der Waals surface area contributed by atoms with E-state index < -0.39 is 0 Å². The van der Waals surface area contributed by atoms with Crippen molar-refractivity contribution in [3.63, 3.8) is 0 Å². The average Bonchev–Trinajstić information content (AvgIpc) is 2.96. The van der Waals surface area contributed by atoms with E-state index in [0.29, 0.717) is 12.6 Å². The lowest BCUT2D eigenvalue weighted by Crippen LogP contribution is -2.58. The van der Waals surface area contributed by atoms with E-state index in [1.165, 1.54) is 0 Å². The Labute approximate surface area is 154 Å². The summed E-state index contributed by atoms with van der Waals surface area (Å²) in [5, 5.41) is 13.1. The van der Waals surface area contributed by atoms with Gasteiger partial charge in [0.05, 0.1) is 18.9 Å². The molecule has 4 rings (SSSR count). The molecule has 0 aromatic carbocycles. The maximum absolute atomic E-state index is 5.54. The van der Waals surface area contributed by atoms with Crippen molar-refractivity contribution in [2.24, 2.45) is 0 Å². The van der Waals surface area contributed by atoms with Gasteiger partial charge in [0.25, 0.3) is 0 Å². The summed E-state index contributed by atoms with van der Waals surface area (Å²) in [6, 6.07) is 4.65. The minimum Gasteiger partial charge on any atom is -0.376 e. The van der Waals surface area contributed by atoms with E-state index in [1.54, 1.807) is 0 Å². The Balaban J connectivity index is 1.33. The number of hydrogen-bond acceptors (Lipinski definition) is 7. The molecule has 2 aliphatic rings. The molecule has 4 heterocycles. The van der Waals surface area contributed by atoms with Crippen LogP contribution in [0, 0.1) is 0 Å². The first-order valence-corrected chi connectivity index (χ1v) is 9.25. The van der Waals surface area contributed by atoms with E-state index in [4.69, 9.17) is 9.26 Å². The van der Waals surface area contributed by atoms with Crippen LogP contribution in [0.15, 0.2) is 16.7 Å². The molecule has 7 nitrogen and oxygen atoms in total. The van der Waals surface area contributed by atoms with Crippen LogP contribution in [-0.4, -0.2) is 53.0 Å². The molecule has 0 N–H and O–H groups in total. The molecular formula is C19H27N5O2. The lowest BCUT2D eigenvalue weighted by atomic mass is 9.92. The third-order valence-electron chi connectivity index (χ3n) is 5.30. The van der Waals surface area contributed by atoms with Gasteiger partial charge < -0.3 is 14.2 Å². The summed E-state index contributed by atoms with van der Waals surface area (Å²) in [5.74, 6) is 1.94. The third kappa shape index (κ3) is 3.33. The summed E-state index contributed by atoms with van der Waals surface area (Å²) in [4.78, 5) is 4.60. The van der Waals surface area contributed by atoms with Crippen molar-refractivity contribution in [1.82, 2.24) is 20.3 Å². The molecule has 140 valence electrons. The van der Waals surface area contributed by atoms with E-state index in [1.807, 2.05) is 0 Å². The predicted molar refractivity (Wildman–Crippen MR) is 98.1 cm³/mol. The Hall–Kier alpha value is -1.99. The molecule has 0 saturated carbocycles. The molecule has 2 aromatic heterocycles. The van der Waals surface area contributed by atoms with Crippen molar-refractivity contribution in [1.29, 1.82) is 0 Å². The van der Waals surface area contributed by atoms with Gasteiger partial charge in [-0.15, -0.1) is 5.10 Å². The van der Waals surface area contributed by atoms with E-state index in [9.17, 15) is 0 Å². The van der Waals surface area contributed by atoms with Gasteiger partial charge >= 0.3 is 0 Å². The molecule has 0 unspecified atom stereocenters. The van der Waals surface area contributed by atoms with Gasteiger partial charge in [-0.1, -0.05) is 25.9 Å². The molecule has 0 spiro atoms. The first kappa shape index (κ1) is 17.4. The number of aromatic nitrogens is 3. The molecule has 0 bridgehead atoms. The molecule has 26 heavy (non-hydrogen) atoms. The minimum atomic E-state index is 0.0314. The van der Waals surface area contributed by atoms with Crippen molar-refractivity contribution in [2.75, 3.05) is 31.6 Å². The number of rotatable bonds is 4. The Morgan fingerprint density at radius 3 is 2.73 bits per heavy atom. The monoisotopic (exact) mass is 357 g/mol. The van der Waals surface area contributed by atoms with Gasteiger partial charge in [0.15, 0.2) is 5.82 Å². The summed E-state index contributed by atoms with van der Waals surface area (Å²) in [7, 11) is 2.14. The highest BCUT2D eigenvalue weighted by Crippen LogP contribution is 2.26. The number of hydrogen-bond donors (Lipinski definition) is 0. The Morgan fingerprint density at radius 1 is 1.23 bits per heavy atom. The maximum atomic E-state index is 5.54. The van der Waals surface area contributed by atoms with Crippen LogP contribution < -0.4 is 4.90 Å². The van der Waals surface area contributed by atoms with Crippen LogP contribution in [0.5, 0.6) is 0 Å². The maximum Gasteiger partial charge on any atom is 0.151 e.